The highest BCUT2D eigenvalue weighted by atomic mass is 32.2. The van der Waals surface area contributed by atoms with Crippen LogP contribution in [-0.2, 0) is 25.7 Å². The van der Waals surface area contributed by atoms with Crippen molar-refractivity contribution in [1.82, 2.24) is 0 Å². The van der Waals surface area contributed by atoms with Crippen molar-refractivity contribution < 1.29 is 19.1 Å². The number of hydrogen-bond donors (Lipinski definition) is 0. The van der Waals surface area contributed by atoms with Gasteiger partial charge >= 0.3 is 11.9 Å². The van der Waals surface area contributed by atoms with Crippen LogP contribution >= 0.6 is 11.8 Å². The summed E-state index contributed by atoms with van der Waals surface area (Å²) >= 11 is 1.85. The SMILES string of the molecule is C[C@H](/C=C\C(=O)OCc1ccccc1)OC(=O)/C=C/C1=CCCSC1. The van der Waals surface area contributed by atoms with Gasteiger partial charge in [-0.3, -0.25) is 0 Å². The van der Waals surface area contributed by atoms with Gasteiger partial charge in [-0.05, 0) is 36.3 Å². The molecule has 2 rings (SSSR count). The van der Waals surface area contributed by atoms with Crippen LogP contribution < -0.4 is 0 Å². The van der Waals surface area contributed by atoms with Gasteiger partial charge in [-0.25, -0.2) is 9.59 Å². The second kappa shape index (κ2) is 10.6. The van der Waals surface area contributed by atoms with Crippen LogP contribution in [0.25, 0.3) is 0 Å². The summed E-state index contributed by atoms with van der Waals surface area (Å²) in [4.78, 5) is 23.4. The van der Waals surface area contributed by atoms with Crippen LogP contribution in [0.1, 0.15) is 18.9 Å². The molecule has 0 saturated heterocycles. The van der Waals surface area contributed by atoms with Gasteiger partial charge in [-0.1, -0.05) is 42.5 Å². The zero-order chi connectivity index (χ0) is 17.9. The third-order valence-corrected chi connectivity index (χ3v) is 4.46. The molecule has 5 heteroatoms. The lowest BCUT2D eigenvalue weighted by molar-refractivity contribution is -0.141. The van der Waals surface area contributed by atoms with Crippen LogP contribution in [-0.4, -0.2) is 29.5 Å². The highest BCUT2D eigenvalue weighted by molar-refractivity contribution is 7.99. The van der Waals surface area contributed by atoms with Gasteiger partial charge in [0.25, 0.3) is 0 Å². The van der Waals surface area contributed by atoms with E-state index in [0.29, 0.717) is 0 Å². The summed E-state index contributed by atoms with van der Waals surface area (Å²) in [6, 6.07) is 9.44. The standard InChI is InChI=1S/C20H22O4S/c1-16(24-20(22)12-10-18-8-5-13-25-15-18)9-11-19(21)23-14-17-6-3-2-4-7-17/h2-4,6-12,16H,5,13-15H2,1H3/b11-9-,12-10+/t16-/m1/s1. The summed E-state index contributed by atoms with van der Waals surface area (Å²) < 4.78 is 10.3. The monoisotopic (exact) mass is 358 g/mol. The van der Waals surface area contributed by atoms with E-state index >= 15 is 0 Å². The Hall–Kier alpha value is -2.27. The Balaban J connectivity index is 1.70. The molecule has 0 unspecified atom stereocenters. The van der Waals surface area contributed by atoms with Gasteiger partial charge in [0.15, 0.2) is 0 Å². The summed E-state index contributed by atoms with van der Waals surface area (Å²) in [6.07, 6.45) is 8.67. The fourth-order valence-electron chi connectivity index (χ4n) is 2.12. The zero-order valence-corrected chi connectivity index (χ0v) is 15.0. The number of carbonyl (C=O) groups excluding carboxylic acids is 2. The fraction of sp³-hybridized carbons (Fsp3) is 0.300. The van der Waals surface area contributed by atoms with Gasteiger partial charge in [-0.15, -0.1) is 0 Å². The Morgan fingerprint density at radius 3 is 2.72 bits per heavy atom. The average molecular weight is 358 g/mol. The molecular weight excluding hydrogens is 336 g/mol. The Bertz CT molecular complexity index is 662. The molecule has 1 aromatic rings. The second-order valence-corrected chi connectivity index (χ2v) is 6.65. The average Bonchev–Trinajstić information content (AvgIpc) is 2.65. The maximum absolute atomic E-state index is 11.8. The molecular formula is C20H22O4S. The largest absolute Gasteiger partial charge is 0.458 e. The van der Waals surface area contributed by atoms with Crippen molar-refractivity contribution >= 4 is 23.7 Å². The van der Waals surface area contributed by atoms with Crippen molar-refractivity contribution in [2.75, 3.05) is 11.5 Å². The molecule has 0 aliphatic carbocycles. The molecule has 1 aliphatic heterocycles. The smallest absolute Gasteiger partial charge is 0.331 e. The van der Waals surface area contributed by atoms with Gasteiger partial charge in [-0.2, -0.15) is 11.8 Å². The first-order valence-corrected chi connectivity index (χ1v) is 9.33. The highest BCUT2D eigenvalue weighted by Crippen LogP contribution is 2.17. The Labute approximate surface area is 152 Å². The van der Waals surface area contributed by atoms with E-state index in [4.69, 9.17) is 9.47 Å². The van der Waals surface area contributed by atoms with Crippen molar-refractivity contribution in [1.29, 1.82) is 0 Å². The fourth-order valence-corrected chi connectivity index (χ4v) is 3.00. The molecule has 25 heavy (non-hydrogen) atoms. The number of hydrogen-bond acceptors (Lipinski definition) is 5. The second-order valence-electron chi connectivity index (χ2n) is 5.55. The first kappa shape index (κ1) is 19.1. The third-order valence-electron chi connectivity index (χ3n) is 3.40. The van der Waals surface area contributed by atoms with Crippen molar-refractivity contribution in [2.24, 2.45) is 0 Å². The predicted molar refractivity (Wildman–Crippen MR) is 100 cm³/mol. The molecule has 0 N–H and O–H groups in total. The Morgan fingerprint density at radius 1 is 1.20 bits per heavy atom. The molecule has 0 fully saturated rings. The van der Waals surface area contributed by atoms with Gasteiger partial charge in [0.2, 0.25) is 0 Å². The summed E-state index contributed by atoms with van der Waals surface area (Å²) in [5, 5.41) is 0. The number of esters is 2. The Morgan fingerprint density at radius 2 is 2.00 bits per heavy atom. The number of carbonyl (C=O) groups is 2. The molecule has 0 saturated carbocycles. The van der Waals surface area contributed by atoms with Crippen molar-refractivity contribution in [3.8, 4) is 0 Å². The molecule has 4 nitrogen and oxygen atoms in total. The molecule has 1 atom stereocenters. The molecule has 0 aromatic heterocycles. The van der Waals surface area contributed by atoms with E-state index in [2.05, 4.69) is 6.08 Å². The zero-order valence-electron chi connectivity index (χ0n) is 14.2. The van der Waals surface area contributed by atoms with Crippen LogP contribution in [0.3, 0.4) is 0 Å². The molecule has 0 radical (unpaired) electrons. The van der Waals surface area contributed by atoms with E-state index in [1.165, 1.54) is 18.2 Å². The normalized spacial score (nSPS) is 15.8. The molecule has 0 spiro atoms. The topological polar surface area (TPSA) is 52.6 Å². The van der Waals surface area contributed by atoms with Gasteiger partial charge < -0.3 is 9.47 Å². The lowest BCUT2D eigenvalue weighted by Crippen LogP contribution is -2.11. The molecule has 0 amide bonds. The third kappa shape index (κ3) is 7.90. The maximum Gasteiger partial charge on any atom is 0.331 e. The van der Waals surface area contributed by atoms with E-state index in [1.807, 2.05) is 42.1 Å². The van der Waals surface area contributed by atoms with Crippen LogP contribution in [0.4, 0.5) is 0 Å². The summed E-state index contributed by atoms with van der Waals surface area (Å²) in [7, 11) is 0. The van der Waals surface area contributed by atoms with E-state index in [0.717, 1.165) is 29.1 Å². The summed E-state index contributed by atoms with van der Waals surface area (Å²) in [6.45, 7) is 1.91. The van der Waals surface area contributed by atoms with Crippen molar-refractivity contribution in [3.05, 3.63) is 71.8 Å². The number of thioether (sulfide) groups is 1. The number of rotatable bonds is 7. The minimum absolute atomic E-state index is 0.216. The van der Waals surface area contributed by atoms with Crippen LogP contribution in [0.15, 0.2) is 66.3 Å². The van der Waals surface area contributed by atoms with E-state index in [9.17, 15) is 9.59 Å². The predicted octanol–water partition coefficient (Wildman–Crippen LogP) is 3.84. The van der Waals surface area contributed by atoms with Crippen LogP contribution in [0.2, 0.25) is 0 Å². The minimum Gasteiger partial charge on any atom is -0.458 e. The van der Waals surface area contributed by atoms with Crippen LogP contribution in [0.5, 0.6) is 0 Å². The summed E-state index contributed by atoms with van der Waals surface area (Å²) in [5.41, 5.74) is 2.06. The van der Waals surface area contributed by atoms with Gasteiger partial charge in [0.1, 0.15) is 12.7 Å². The Kier molecular flexibility index (Phi) is 8.05. The van der Waals surface area contributed by atoms with Crippen molar-refractivity contribution in [3.63, 3.8) is 0 Å². The molecule has 1 heterocycles. The molecule has 1 aliphatic rings. The summed E-state index contributed by atoms with van der Waals surface area (Å²) in [5.74, 6) is 1.16. The first-order valence-electron chi connectivity index (χ1n) is 8.18. The maximum atomic E-state index is 11.8. The van der Waals surface area contributed by atoms with Gasteiger partial charge in [0, 0.05) is 17.9 Å². The van der Waals surface area contributed by atoms with E-state index < -0.39 is 18.0 Å². The number of allylic oxidation sites excluding steroid dienone is 2. The van der Waals surface area contributed by atoms with E-state index in [1.54, 1.807) is 13.0 Å². The quantitative estimate of drug-likeness (QED) is 0.548. The first-order chi connectivity index (χ1) is 12.1. The lowest BCUT2D eigenvalue weighted by atomic mass is 10.2. The molecule has 0 bridgehead atoms. The molecule has 132 valence electrons. The number of ether oxygens (including phenoxy) is 2. The van der Waals surface area contributed by atoms with E-state index in [-0.39, 0.29) is 6.61 Å². The van der Waals surface area contributed by atoms with Crippen molar-refractivity contribution in [2.45, 2.75) is 26.1 Å². The number of benzene rings is 1. The minimum atomic E-state index is -0.504. The lowest BCUT2D eigenvalue weighted by Gasteiger charge is -2.09. The van der Waals surface area contributed by atoms with Gasteiger partial charge in [0.05, 0.1) is 0 Å². The van der Waals surface area contributed by atoms with Crippen LogP contribution in [0, 0.1) is 0 Å². The highest BCUT2D eigenvalue weighted by Gasteiger charge is 2.06. The molecule has 1 aromatic carbocycles.